The fraction of sp³-hybridized carbons (Fsp3) is 0.526. The zero-order chi connectivity index (χ0) is 19.7. The average Bonchev–Trinajstić information content (AvgIpc) is 3.28. The number of hydrogen-bond acceptors (Lipinski definition) is 7. The van der Waals surface area contributed by atoms with Crippen molar-refractivity contribution < 1.29 is 23.5 Å². The van der Waals surface area contributed by atoms with Crippen molar-refractivity contribution in [3.8, 4) is 17.1 Å². The summed E-state index contributed by atoms with van der Waals surface area (Å²) in [6.45, 7) is 0.660. The number of carbonyl (C=O) groups is 1. The second-order valence-electron chi connectivity index (χ2n) is 7.10. The molecule has 0 radical (unpaired) electrons. The fourth-order valence-electron chi connectivity index (χ4n) is 3.49. The molecule has 2 amide bonds. The summed E-state index contributed by atoms with van der Waals surface area (Å²) < 4.78 is 21.2. The molecule has 2 aliphatic rings. The van der Waals surface area contributed by atoms with Gasteiger partial charge in [0.05, 0.1) is 12.1 Å². The van der Waals surface area contributed by atoms with Crippen LogP contribution in [0.25, 0.3) is 11.4 Å². The molecule has 1 atom stereocenters. The Balaban J connectivity index is 1.41. The van der Waals surface area contributed by atoms with Gasteiger partial charge in [0, 0.05) is 38.4 Å². The van der Waals surface area contributed by atoms with Gasteiger partial charge in [-0.25, -0.2) is 4.79 Å². The van der Waals surface area contributed by atoms with E-state index in [1.54, 1.807) is 19.1 Å². The lowest BCUT2D eigenvalue weighted by atomic mass is 9.88. The summed E-state index contributed by atoms with van der Waals surface area (Å²) >= 11 is 0. The summed E-state index contributed by atoms with van der Waals surface area (Å²) in [4.78, 5) is 18.6. The maximum Gasteiger partial charge on any atom is 0.317 e. The minimum absolute atomic E-state index is 0.104. The summed E-state index contributed by atoms with van der Waals surface area (Å²) in [6.07, 6.45) is 2.00. The van der Waals surface area contributed by atoms with Gasteiger partial charge in [-0.15, -0.1) is 0 Å². The first-order valence-electron chi connectivity index (χ1n) is 9.23. The first-order chi connectivity index (χ1) is 13.6. The highest BCUT2D eigenvalue weighted by atomic mass is 16.5. The molecule has 4 rings (SSSR count). The number of amides is 2. The van der Waals surface area contributed by atoms with E-state index >= 15 is 0 Å². The standard InChI is InChI=1S/C19H24N4O5/c1-23(12-7-13(8-12)26-3)19(24)20-15-9-27-16-6-11(4-5-14(15)16)18-21-17(10-25-2)28-22-18/h4-6,12-13,15H,7-10H2,1-3H3,(H,20,24)/t12?,13?,15-/m1/s1. The average molecular weight is 388 g/mol. The Bertz CT molecular complexity index is 849. The smallest absolute Gasteiger partial charge is 0.317 e. The molecule has 0 unspecified atom stereocenters. The van der Waals surface area contributed by atoms with E-state index in [9.17, 15) is 4.79 Å². The van der Waals surface area contributed by atoms with Crippen LogP contribution < -0.4 is 10.1 Å². The minimum atomic E-state index is -0.188. The van der Waals surface area contributed by atoms with Gasteiger partial charge >= 0.3 is 6.03 Å². The molecule has 0 bridgehead atoms. The van der Waals surface area contributed by atoms with Crippen LogP contribution in [-0.4, -0.2) is 61.1 Å². The van der Waals surface area contributed by atoms with Crippen LogP contribution in [0.4, 0.5) is 4.79 Å². The van der Waals surface area contributed by atoms with E-state index < -0.39 is 0 Å². The van der Waals surface area contributed by atoms with Gasteiger partial charge in [0.2, 0.25) is 5.82 Å². The normalized spacial score (nSPS) is 22.9. The van der Waals surface area contributed by atoms with Crippen molar-refractivity contribution in [2.45, 2.75) is 37.6 Å². The third-order valence-corrected chi connectivity index (χ3v) is 5.36. The number of methoxy groups -OCH3 is 2. The van der Waals surface area contributed by atoms with Crippen molar-refractivity contribution in [1.29, 1.82) is 0 Å². The van der Waals surface area contributed by atoms with Gasteiger partial charge < -0.3 is 29.0 Å². The molecule has 1 fully saturated rings. The van der Waals surface area contributed by atoms with E-state index in [0.29, 0.717) is 24.1 Å². The van der Waals surface area contributed by atoms with Crippen molar-refractivity contribution in [3.05, 3.63) is 29.7 Å². The topological polar surface area (TPSA) is 99.0 Å². The lowest BCUT2D eigenvalue weighted by Crippen LogP contribution is -2.52. The monoisotopic (exact) mass is 388 g/mol. The number of hydrogen-bond donors (Lipinski definition) is 1. The predicted octanol–water partition coefficient (Wildman–Crippen LogP) is 2.14. The van der Waals surface area contributed by atoms with E-state index in [1.807, 2.05) is 25.2 Å². The number of nitrogens with one attached hydrogen (secondary N) is 1. The molecule has 0 saturated heterocycles. The Morgan fingerprint density at radius 1 is 1.36 bits per heavy atom. The van der Waals surface area contributed by atoms with Crippen LogP contribution in [0.3, 0.4) is 0 Å². The van der Waals surface area contributed by atoms with Gasteiger partial charge in [-0.05, 0) is 18.9 Å². The highest BCUT2D eigenvalue weighted by Crippen LogP contribution is 2.36. The van der Waals surface area contributed by atoms with Gasteiger partial charge in [-0.3, -0.25) is 0 Å². The van der Waals surface area contributed by atoms with Gasteiger partial charge in [-0.1, -0.05) is 17.3 Å². The molecule has 1 saturated carbocycles. The van der Waals surface area contributed by atoms with Crippen LogP contribution >= 0.6 is 0 Å². The summed E-state index contributed by atoms with van der Waals surface area (Å²) in [6, 6.07) is 5.61. The Labute approximate surface area is 162 Å². The molecule has 1 aromatic carbocycles. The molecule has 0 spiro atoms. The maximum absolute atomic E-state index is 12.6. The van der Waals surface area contributed by atoms with Gasteiger partial charge in [0.1, 0.15) is 19.0 Å². The molecule has 1 aliphatic carbocycles. The highest BCUT2D eigenvalue weighted by molar-refractivity contribution is 5.75. The number of nitrogens with zero attached hydrogens (tertiary/aromatic N) is 3. The van der Waals surface area contributed by atoms with Crippen molar-refractivity contribution >= 4 is 6.03 Å². The Morgan fingerprint density at radius 2 is 2.18 bits per heavy atom. The number of rotatable bonds is 6. The molecular weight excluding hydrogens is 364 g/mol. The second kappa shape index (κ2) is 7.76. The third kappa shape index (κ3) is 3.55. The number of fused-ring (bicyclic) bond motifs is 1. The molecule has 1 aliphatic heterocycles. The van der Waals surface area contributed by atoms with E-state index in [2.05, 4.69) is 15.5 Å². The Kier molecular flexibility index (Phi) is 5.19. The SMILES string of the molecule is COCc1nc(-c2ccc3c(c2)OC[C@H]3NC(=O)N(C)C2CC(OC)C2)no1. The number of ether oxygens (including phenoxy) is 3. The van der Waals surface area contributed by atoms with Crippen LogP contribution in [-0.2, 0) is 16.1 Å². The molecule has 150 valence electrons. The zero-order valence-electron chi connectivity index (χ0n) is 16.2. The molecule has 1 aromatic heterocycles. The fourth-order valence-corrected chi connectivity index (χ4v) is 3.49. The van der Waals surface area contributed by atoms with Crippen molar-refractivity contribution in [3.63, 3.8) is 0 Å². The molecular formula is C19H24N4O5. The predicted molar refractivity (Wildman–Crippen MR) is 98.8 cm³/mol. The zero-order valence-corrected chi connectivity index (χ0v) is 16.2. The van der Waals surface area contributed by atoms with Gasteiger partial charge in [-0.2, -0.15) is 4.98 Å². The van der Waals surface area contributed by atoms with Crippen molar-refractivity contribution in [2.24, 2.45) is 0 Å². The first kappa shape index (κ1) is 18.7. The molecule has 9 heteroatoms. The third-order valence-electron chi connectivity index (χ3n) is 5.36. The Hall–Kier alpha value is -2.65. The second-order valence-corrected chi connectivity index (χ2v) is 7.10. The molecule has 2 aromatic rings. The number of urea groups is 1. The van der Waals surface area contributed by atoms with Crippen LogP contribution in [0, 0.1) is 0 Å². The summed E-state index contributed by atoms with van der Waals surface area (Å²) in [5, 5.41) is 7.01. The van der Waals surface area contributed by atoms with Crippen LogP contribution in [0.1, 0.15) is 30.3 Å². The largest absolute Gasteiger partial charge is 0.491 e. The van der Waals surface area contributed by atoms with Crippen LogP contribution in [0.15, 0.2) is 22.7 Å². The number of aromatic nitrogens is 2. The lowest BCUT2D eigenvalue weighted by Gasteiger charge is -2.40. The van der Waals surface area contributed by atoms with Crippen molar-refractivity contribution in [1.82, 2.24) is 20.4 Å². The quantitative estimate of drug-likeness (QED) is 0.809. The highest BCUT2D eigenvalue weighted by Gasteiger charge is 2.35. The number of carbonyl (C=O) groups excluding carboxylic acids is 1. The van der Waals surface area contributed by atoms with Crippen molar-refractivity contribution in [2.75, 3.05) is 27.9 Å². The molecule has 2 heterocycles. The summed E-state index contributed by atoms with van der Waals surface area (Å²) in [5.41, 5.74) is 1.73. The maximum atomic E-state index is 12.6. The Morgan fingerprint density at radius 3 is 2.93 bits per heavy atom. The molecule has 9 nitrogen and oxygen atoms in total. The van der Waals surface area contributed by atoms with E-state index in [-0.39, 0.29) is 30.8 Å². The molecule has 1 N–H and O–H groups in total. The minimum Gasteiger partial charge on any atom is -0.491 e. The van der Waals surface area contributed by atoms with E-state index in [4.69, 9.17) is 18.7 Å². The van der Waals surface area contributed by atoms with Gasteiger partial charge in [0.25, 0.3) is 5.89 Å². The lowest BCUT2D eigenvalue weighted by molar-refractivity contribution is -0.00878. The van der Waals surface area contributed by atoms with E-state index in [0.717, 1.165) is 24.0 Å². The van der Waals surface area contributed by atoms with Crippen LogP contribution in [0.2, 0.25) is 0 Å². The number of benzene rings is 1. The summed E-state index contributed by atoms with van der Waals surface area (Å²) in [5.74, 6) is 1.61. The van der Waals surface area contributed by atoms with Crippen LogP contribution in [0.5, 0.6) is 5.75 Å². The van der Waals surface area contributed by atoms with E-state index in [1.165, 1.54) is 0 Å². The van der Waals surface area contributed by atoms with Gasteiger partial charge in [0.15, 0.2) is 0 Å². The summed E-state index contributed by atoms with van der Waals surface area (Å²) in [7, 11) is 5.09. The molecule has 28 heavy (non-hydrogen) atoms. The first-order valence-corrected chi connectivity index (χ1v) is 9.23.